The zero-order valence-corrected chi connectivity index (χ0v) is 7.54. The highest BCUT2D eigenvalue weighted by Gasteiger charge is 2.25. The van der Waals surface area contributed by atoms with E-state index in [0.29, 0.717) is 0 Å². The Morgan fingerprint density at radius 1 is 1.31 bits per heavy atom. The molecule has 0 aliphatic carbocycles. The van der Waals surface area contributed by atoms with E-state index in [0.717, 1.165) is 0 Å². The lowest BCUT2D eigenvalue weighted by atomic mass is 10.4. The zero-order chi connectivity index (χ0) is 9.90. The molecule has 1 aromatic carbocycles. The molecule has 0 radical (unpaired) electrons. The third-order valence-corrected chi connectivity index (χ3v) is 3.30. The van der Waals surface area contributed by atoms with Crippen molar-refractivity contribution in [2.24, 2.45) is 0 Å². The van der Waals surface area contributed by atoms with Crippen molar-refractivity contribution in [1.29, 1.82) is 0 Å². The first-order valence-electron chi connectivity index (χ1n) is 3.63. The highest BCUT2D eigenvalue weighted by molar-refractivity contribution is 7.92. The number of halogens is 1. The maximum absolute atomic E-state index is 12.8. The summed E-state index contributed by atoms with van der Waals surface area (Å²) in [6.07, 6.45) is 0. The van der Waals surface area contributed by atoms with Crippen LogP contribution < -0.4 is 0 Å². The Kier molecular flexibility index (Phi) is 3.00. The molecule has 0 saturated carbocycles. The molecule has 0 aliphatic heterocycles. The number of hydrogen-bond acceptors (Lipinski definition) is 3. The average Bonchev–Trinajstić information content (AvgIpc) is 2.18. The molecule has 0 spiro atoms. The molecule has 1 atom stereocenters. The maximum atomic E-state index is 12.8. The van der Waals surface area contributed by atoms with Crippen molar-refractivity contribution in [3.05, 3.63) is 30.3 Å². The van der Waals surface area contributed by atoms with E-state index in [1.165, 1.54) is 24.3 Å². The van der Waals surface area contributed by atoms with E-state index in [-0.39, 0.29) is 4.90 Å². The van der Waals surface area contributed by atoms with Crippen molar-refractivity contribution in [2.45, 2.75) is 10.4 Å². The number of benzene rings is 1. The molecule has 1 aromatic rings. The van der Waals surface area contributed by atoms with Gasteiger partial charge in [-0.05, 0) is 12.1 Å². The summed E-state index contributed by atoms with van der Waals surface area (Å²) >= 11 is 0. The summed E-state index contributed by atoms with van der Waals surface area (Å²) < 4.78 is 35.2. The molecular formula is C8H9FO3S. The minimum atomic E-state index is -4.01. The smallest absolute Gasteiger partial charge is 0.228 e. The van der Waals surface area contributed by atoms with Crippen LogP contribution in [0.25, 0.3) is 0 Å². The fourth-order valence-corrected chi connectivity index (χ4v) is 1.88. The van der Waals surface area contributed by atoms with E-state index in [9.17, 15) is 12.8 Å². The largest absolute Gasteiger partial charge is 0.392 e. The van der Waals surface area contributed by atoms with Gasteiger partial charge in [-0.3, -0.25) is 0 Å². The van der Waals surface area contributed by atoms with Gasteiger partial charge < -0.3 is 5.11 Å². The summed E-state index contributed by atoms with van der Waals surface area (Å²) in [7, 11) is -4.01. The van der Waals surface area contributed by atoms with E-state index < -0.39 is 21.9 Å². The van der Waals surface area contributed by atoms with Crippen LogP contribution in [0.4, 0.5) is 4.39 Å². The van der Waals surface area contributed by atoms with Crippen molar-refractivity contribution in [3.8, 4) is 0 Å². The van der Waals surface area contributed by atoms with Crippen LogP contribution in [0, 0.1) is 0 Å². The molecule has 13 heavy (non-hydrogen) atoms. The van der Waals surface area contributed by atoms with Gasteiger partial charge >= 0.3 is 0 Å². The molecule has 3 nitrogen and oxygen atoms in total. The Morgan fingerprint density at radius 2 is 1.85 bits per heavy atom. The Morgan fingerprint density at radius 3 is 2.31 bits per heavy atom. The lowest BCUT2D eigenvalue weighted by Crippen LogP contribution is -2.20. The van der Waals surface area contributed by atoms with Gasteiger partial charge in [0.05, 0.1) is 11.5 Å². The molecule has 1 N–H and O–H groups in total. The number of sulfone groups is 1. The molecule has 0 aliphatic rings. The van der Waals surface area contributed by atoms with Gasteiger partial charge in [-0.25, -0.2) is 12.8 Å². The zero-order valence-electron chi connectivity index (χ0n) is 6.72. The molecular weight excluding hydrogens is 195 g/mol. The molecule has 0 bridgehead atoms. The van der Waals surface area contributed by atoms with Crippen LogP contribution in [0.5, 0.6) is 0 Å². The van der Waals surface area contributed by atoms with Gasteiger partial charge in [0.25, 0.3) is 0 Å². The molecule has 0 aromatic heterocycles. The predicted octanol–water partition coefficient (Wildman–Crippen LogP) is 0.748. The van der Waals surface area contributed by atoms with Crippen LogP contribution in [-0.2, 0) is 9.84 Å². The maximum Gasteiger partial charge on any atom is 0.228 e. The normalized spacial score (nSPS) is 14.0. The standard InChI is InChI=1S/C8H9FO3S/c9-8(6-10)13(11,12)7-4-2-1-3-5-7/h1-5,8,10H,6H2. The summed E-state index contributed by atoms with van der Waals surface area (Å²) in [4.78, 5) is -0.114. The molecule has 0 amide bonds. The SMILES string of the molecule is O=S(=O)(c1ccccc1)C(F)CO. The van der Waals surface area contributed by atoms with Crippen LogP contribution in [0.15, 0.2) is 35.2 Å². The van der Waals surface area contributed by atoms with Crippen LogP contribution in [0.2, 0.25) is 0 Å². The molecule has 1 unspecified atom stereocenters. The van der Waals surface area contributed by atoms with Gasteiger partial charge in [0.15, 0.2) is 0 Å². The second-order valence-electron chi connectivity index (χ2n) is 2.45. The molecule has 0 fully saturated rings. The lowest BCUT2D eigenvalue weighted by Gasteiger charge is -2.05. The molecule has 72 valence electrons. The van der Waals surface area contributed by atoms with Crippen LogP contribution in [0.3, 0.4) is 0 Å². The third kappa shape index (κ3) is 2.05. The van der Waals surface area contributed by atoms with Gasteiger partial charge in [-0.1, -0.05) is 18.2 Å². The lowest BCUT2D eigenvalue weighted by molar-refractivity contribution is 0.226. The third-order valence-electron chi connectivity index (χ3n) is 1.55. The van der Waals surface area contributed by atoms with Crippen molar-refractivity contribution in [2.75, 3.05) is 6.61 Å². The minimum absolute atomic E-state index is 0.114. The topological polar surface area (TPSA) is 54.4 Å². The minimum Gasteiger partial charge on any atom is -0.392 e. The highest BCUT2D eigenvalue weighted by atomic mass is 32.2. The van der Waals surface area contributed by atoms with Gasteiger partial charge in [0.1, 0.15) is 0 Å². The second kappa shape index (κ2) is 3.85. The van der Waals surface area contributed by atoms with Crippen LogP contribution in [0.1, 0.15) is 0 Å². The van der Waals surface area contributed by atoms with E-state index in [1.54, 1.807) is 6.07 Å². The van der Waals surface area contributed by atoms with Crippen LogP contribution in [-0.4, -0.2) is 25.6 Å². The second-order valence-corrected chi connectivity index (χ2v) is 4.52. The quantitative estimate of drug-likeness (QED) is 0.790. The van der Waals surface area contributed by atoms with E-state index in [2.05, 4.69) is 0 Å². The van der Waals surface area contributed by atoms with Gasteiger partial charge in [-0.2, -0.15) is 0 Å². The first-order chi connectivity index (χ1) is 6.09. The highest BCUT2D eigenvalue weighted by Crippen LogP contribution is 2.15. The molecule has 0 saturated heterocycles. The number of aliphatic hydroxyl groups is 1. The monoisotopic (exact) mass is 204 g/mol. The van der Waals surface area contributed by atoms with E-state index in [1.807, 2.05) is 0 Å². The van der Waals surface area contributed by atoms with Crippen molar-refractivity contribution in [3.63, 3.8) is 0 Å². The number of aliphatic hydroxyl groups excluding tert-OH is 1. The van der Waals surface area contributed by atoms with Crippen LogP contribution >= 0.6 is 0 Å². The van der Waals surface area contributed by atoms with E-state index in [4.69, 9.17) is 5.11 Å². The summed E-state index contributed by atoms with van der Waals surface area (Å²) in [5, 5.41) is 8.38. The summed E-state index contributed by atoms with van der Waals surface area (Å²) in [5.41, 5.74) is -2.24. The molecule has 0 heterocycles. The van der Waals surface area contributed by atoms with Crippen molar-refractivity contribution >= 4 is 9.84 Å². The van der Waals surface area contributed by atoms with Gasteiger partial charge in [-0.15, -0.1) is 0 Å². The average molecular weight is 204 g/mol. The molecule has 1 rings (SSSR count). The van der Waals surface area contributed by atoms with Gasteiger partial charge in [0.2, 0.25) is 15.3 Å². The number of rotatable bonds is 3. The fraction of sp³-hybridized carbons (Fsp3) is 0.250. The number of alkyl halides is 1. The number of hydrogen-bond donors (Lipinski definition) is 1. The fourth-order valence-electron chi connectivity index (χ4n) is 0.856. The Balaban J connectivity index is 3.09. The Hall–Kier alpha value is -0.940. The van der Waals surface area contributed by atoms with Gasteiger partial charge in [0, 0.05) is 0 Å². The molecule has 5 heteroatoms. The summed E-state index contributed by atoms with van der Waals surface area (Å²) in [6, 6.07) is 7.20. The summed E-state index contributed by atoms with van der Waals surface area (Å²) in [5.74, 6) is 0. The Labute approximate surface area is 75.7 Å². The first kappa shape index (κ1) is 10.1. The summed E-state index contributed by atoms with van der Waals surface area (Å²) in [6.45, 7) is -1.02. The predicted molar refractivity (Wildman–Crippen MR) is 45.6 cm³/mol. The Bertz CT molecular complexity index is 360. The van der Waals surface area contributed by atoms with Crippen molar-refractivity contribution in [1.82, 2.24) is 0 Å². The van der Waals surface area contributed by atoms with Crippen molar-refractivity contribution < 1.29 is 17.9 Å². The first-order valence-corrected chi connectivity index (χ1v) is 5.17. The van der Waals surface area contributed by atoms with E-state index >= 15 is 0 Å².